The van der Waals surface area contributed by atoms with Gasteiger partial charge < -0.3 is 14.4 Å². The van der Waals surface area contributed by atoms with E-state index in [1.165, 1.54) is 35.7 Å². The average Bonchev–Trinajstić information content (AvgIpc) is 3.20. The van der Waals surface area contributed by atoms with Crippen molar-refractivity contribution < 1.29 is 9.32 Å². The third kappa shape index (κ3) is 2.52. The van der Waals surface area contributed by atoms with Crippen LogP contribution in [0.4, 0.5) is 0 Å². The highest BCUT2D eigenvalue weighted by atomic mass is 16.5. The van der Waals surface area contributed by atoms with Crippen LogP contribution in [0.1, 0.15) is 40.2 Å². The monoisotopic (exact) mass is 309 g/mol. The van der Waals surface area contributed by atoms with Crippen molar-refractivity contribution >= 4 is 16.8 Å². The number of aromatic nitrogens is 2. The van der Waals surface area contributed by atoms with E-state index in [2.05, 4.69) is 10.1 Å². The maximum absolute atomic E-state index is 12.7. The van der Waals surface area contributed by atoms with E-state index in [0.717, 1.165) is 29.6 Å². The van der Waals surface area contributed by atoms with Crippen molar-refractivity contribution in [1.82, 2.24) is 15.0 Å². The molecule has 5 heteroatoms. The van der Waals surface area contributed by atoms with Crippen LogP contribution in [0.15, 0.2) is 35.1 Å². The zero-order valence-corrected chi connectivity index (χ0v) is 13.1. The number of aromatic amines is 1. The predicted molar refractivity (Wildman–Crippen MR) is 87.2 cm³/mol. The van der Waals surface area contributed by atoms with Gasteiger partial charge in [0.05, 0.1) is 6.54 Å². The Hall–Kier alpha value is -2.56. The Kier molecular flexibility index (Phi) is 3.41. The van der Waals surface area contributed by atoms with Gasteiger partial charge in [-0.25, -0.2) is 0 Å². The summed E-state index contributed by atoms with van der Waals surface area (Å²) >= 11 is 0. The number of nitrogens with zero attached hydrogens (tertiary/aromatic N) is 2. The van der Waals surface area contributed by atoms with Gasteiger partial charge in [0.25, 0.3) is 5.91 Å². The maximum Gasteiger partial charge on any atom is 0.253 e. The predicted octanol–water partition coefficient (Wildman–Crippen LogP) is 3.31. The van der Waals surface area contributed by atoms with Crippen LogP contribution in [0.3, 0.4) is 0 Å². The molecule has 1 aromatic carbocycles. The van der Waals surface area contributed by atoms with Gasteiger partial charge in [-0.1, -0.05) is 5.16 Å². The van der Waals surface area contributed by atoms with Crippen LogP contribution in [0, 0.1) is 0 Å². The number of carbonyl (C=O) groups is 1. The summed E-state index contributed by atoms with van der Waals surface area (Å²) < 4.78 is 4.82. The Morgan fingerprint density at radius 1 is 1.30 bits per heavy atom. The van der Waals surface area contributed by atoms with Gasteiger partial charge in [0.1, 0.15) is 12.0 Å². The van der Waals surface area contributed by atoms with Crippen LogP contribution in [-0.4, -0.2) is 28.0 Å². The second kappa shape index (κ2) is 5.57. The first-order valence-corrected chi connectivity index (χ1v) is 8.00. The molecule has 1 N–H and O–H groups in total. The summed E-state index contributed by atoms with van der Waals surface area (Å²) in [4.78, 5) is 17.8. The molecule has 0 fully saturated rings. The van der Waals surface area contributed by atoms with E-state index in [9.17, 15) is 4.79 Å². The van der Waals surface area contributed by atoms with Crippen LogP contribution in [0.5, 0.6) is 0 Å². The minimum absolute atomic E-state index is 0.000611. The fourth-order valence-electron chi connectivity index (χ4n) is 3.39. The smallest absolute Gasteiger partial charge is 0.253 e. The molecule has 0 aliphatic heterocycles. The van der Waals surface area contributed by atoms with E-state index in [0.29, 0.717) is 6.54 Å². The first-order valence-electron chi connectivity index (χ1n) is 8.00. The molecule has 2 heterocycles. The van der Waals surface area contributed by atoms with Crippen molar-refractivity contribution in [2.24, 2.45) is 0 Å². The van der Waals surface area contributed by atoms with E-state index in [1.807, 2.05) is 18.2 Å². The first-order chi connectivity index (χ1) is 11.2. The molecular formula is C18H19N3O2. The Morgan fingerprint density at radius 3 is 3.00 bits per heavy atom. The largest absolute Gasteiger partial charge is 0.364 e. The summed E-state index contributed by atoms with van der Waals surface area (Å²) in [7, 11) is 1.79. The van der Waals surface area contributed by atoms with Crippen molar-refractivity contribution in [3.63, 3.8) is 0 Å². The van der Waals surface area contributed by atoms with Gasteiger partial charge in [0, 0.05) is 35.3 Å². The lowest BCUT2D eigenvalue weighted by molar-refractivity contribution is 0.0782. The SMILES string of the molecule is CN(Cc1ccon1)C(=O)c1ccc2[nH]c3c(c2c1)CCCC3. The summed E-state index contributed by atoms with van der Waals surface area (Å²) in [6.07, 6.45) is 6.20. The molecule has 118 valence electrons. The fraction of sp³-hybridized carbons (Fsp3) is 0.333. The highest BCUT2D eigenvalue weighted by molar-refractivity contribution is 5.99. The Bertz CT molecular complexity index is 849. The highest BCUT2D eigenvalue weighted by Gasteiger charge is 2.18. The van der Waals surface area contributed by atoms with E-state index in [1.54, 1.807) is 18.0 Å². The number of fused-ring (bicyclic) bond motifs is 3. The van der Waals surface area contributed by atoms with Crippen LogP contribution >= 0.6 is 0 Å². The zero-order chi connectivity index (χ0) is 15.8. The summed E-state index contributed by atoms with van der Waals surface area (Å²) in [5.41, 5.74) is 5.33. The quantitative estimate of drug-likeness (QED) is 0.807. The van der Waals surface area contributed by atoms with Gasteiger partial charge in [-0.2, -0.15) is 0 Å². The lowest BCUT2D eigenvalue weighted by Crippen LogP contribution is -2.26. The molecule has 2 aromatic heterocycles. The van der Waals surface area contributed by atoms with Gasteiger partial charge in [-0.15, -0.1) is 0 Å². The minimum Gasteiger partial charge on any atom is -0.364 e. The summed E-state index contributed by atoms with van der Waals surface area (Å²) in [6.45, 7) is 0.443. The number of aryl methyl sites for hydroxylation is 2. The first kappa shape index (κ1) is 14.1. The summed E-state index contributed by atoms with van der Waals surface area (Å²) in [5, 5.41) is 5.05. The van der Waals surface area contributed by atoms with E-state index in [-0.39, 0.29) is 5.91 Å². The van der Waals surface area contributed by atoms with Crippen LogP contribution < -0.4 is 0 Å². The molecule has 0 unspecified atom stereocenters. The second-order valence-electron chi connectivity index (χ2n) is 6.20. The van der Waals surface area contributed by atoms with E-state index < -0.39 is 0 Å². The normalized spacial score (nSPS) is 14.0. The lowest BCUT2D eigenvalue weighted by Gasteiger charge is -2.16. The molecule has 1 aliphatic carbocycles. The molecule has 5 nitrogen and oxygen atoms in total. The Labute approximate surface area is 134 Å². The number of amides is 1. The summed E-state index contributed by atoms with van der Waals surface area (Å²) in [6, 6.07) is 7.71. The molecule has 1 aliphatic rings. The third-order valence-corrected chi connectivity index (χ3v) is 4.58. The number of nitrogens with one attached hydrogen (secondary N) is 1. The molecule has 0 atom stereocenters. The number of carbonyl (C=O) groups excluding carboxylic acids is 1. The standard InChI is InChI=1S/C18H19N3O2/c1-21(11-13-8-9-23-20-13)18(22)12-6-7-17-15(10-12)14-4-2-3-5-16(14)19-17/h6-10,19H,2-5,11H2,1H3. The van der Waals surface area contributed by atoms with Crippen LogP contribution in [0.2, 0.25) is 0 Å². The number of rotatable bonds is 3. The summed E-state index contributed by atoms with van der Waals surface area (Å²) in [5.74, 6) is 0.000611. The molecule has 1 amide bonds. The van der Waals surface area contributed by atoms with Crippen molar-refractivity contribution in [3.8, 4) is 0 Å². The van der Waals surface area contributed by atoms with Gasteiger partial charge >= 0.3 is 0 Å². The molecule has 4 rings (SSSR count). The maximum atomic E-state index is 12.7. The topological polar surface area (TPSA) is 62.1 Å². The minimum atomic E-state index is 0.000611. The number of hydrogen-bond acceptors (Lipinski definition) is 3. The number of hydrogen-bond donors (Lipinski definition) is 1. The molecule has 3 aromatic rings. The average molecular weight is 309 g/mol. The highest BCUT2D eigenvalue weighted by Crippen LogP contribution is 2.30. The molecule has 0 spiro atoms. The van der Waals surface area contributed by atoms with Crippen molar-refractivity contribution in [3.05, 3.63) is 53.0 Å². The Morgan fingerprint density at radius 2 is 2.17 bits per heavy atom. The van der Waals surface area contributed by atoms with Crippen LogP contribution in [0.25, 0.3) is 10.9 Å². The van der Waals surface area contributed by atoms with Gasteiger partial charge in [0.2, 0.25) is 0 Å². The number of H-pyrrole nitrogens is 1. The van der Waals surface area contributed by atoms with Crippen molar-refractivity contribution in [1.29, 1.82) is 0 Å². The molecular weight excluding hydrogens is 290 g/mol. The lowest BCUT2D eigenvalue weighted by atomic mass is 9.95. The Balaban J connectivity index is 1.64. The van der Waals surface area contributed by atoms with E-state index in [4.69, 9.17) is 4.52 Å². The molecule has 0 bridgehead atoms. The molecule has 0 saturated carbocycles. The zero-order valence-electron chi connectivity index (χ0n) is 13.1. The number of benzene rings is 1. The molecule has 0 saturated heterocycles. The molecule has 0 radical (unpaired) electrons. The molecule has 23 heavy (non-hydrogen) atoms. The van der Waals surface area contributed by atoms with E-state index >= 15 is 0 Å². The fourth-order valence-corrected chi connectivity index (χ4v) is 3.39. The van der Waals surface area contributed by atoms with Gasteiger partial charge in [-0.05, 0) is 49.4 Å². The van der Waals surface area contributed by atoms with Crippen LogP contribution in [-0.2, 0) is 19.4 Å². The van der Waals surface area contributed by atoms with Crippen molar-refractivity contribution in [2.75, 3.05) is 7.05 Å². The third-order valence-electron chi connectivity index (χ3n) is 4.58. The van der Waals surface area contributed by atoms with Gasteiger partial charge in [-0.3, -0.25) is 4.79 Å². The van der Waals surface area contributed by atoms with Crippen molar-refractivity contribution in [2.45, 2.75) is 32.2 Å². The van der Waals surface area contributed by atoms with Gasteiger partial charge in [0.15, 0.2) is 0 Å². The second-order valence-corrected chi connectivity index (χ2v) is 6.20.